The normalized spacial score (nSPS) is 11.8. The minimum atomic E-state index is -4.52. The van der Waals surface area contributed by atoms with Crippen molar-refractivity contribution >= 4 is 33.9 Å². The van der Waals surface area contributed by atoms with E-state index in [0.29, 0.717) is 0 Å². The van der Waals surface area contributed by atoms with Crippen LogP contribution in [-0.4, -0.2) is 59.7 Å². The molecule has 0 aliphatic carbocycles. The third-order valence-electron chi connectivity index (χ3n) is 3.40. The van der Waals surface area contributed by atoms with Crippen LogP contribution in [0.1, 0.15) is 23.1 Å². The maximum Gasteiger partial charge on any atom is 0.346 e. The number of carboxylic acid groups (broad SMARTS) is 1. The summed E-state index contributed by atoms with van der Waals surface area (Å²) in [5.74, 6) is -2.44. The second kappa shape index (κ2) is 9.13. The first-order valence-corrected chi connectivity index (χ1v) is 9.65. The molecule has 0 saturated carbocycles. The fraction of sp³-hybridized carbons (Fsp3) is 0.250. The molecule has 160 valence electrons. The zero-order chi connectivity index (χ0) is 22.5. The lowest BCUT2D eigenvalue weighted by Crippen LogP contribution is -2.35. The number of anilines is 1. The van der Waals surface area contributed by atoms with Crippen LogP contribution in [-0.2, 0) is 19.6 Å². The highest BCUT2D eigenvalue weighted by Crippen LogP contribution is 2.16. The zero-order valence-corrected chi connectivity index (χ0v) is 16.8. The molecule has 2 aromatic rings. The molecule has 1 atom stereocenters. The topological polar surface area (TPSA) is 187 Å². The van der Waals surface area contributed by atoms with Crippen molar-refractivity contribution in [2.75, 3.05) is 12.4 Å². The first kappa shape index (κ1) is 22.5. The van der Waals surface area contributed by atoms with E-state index in [9.17, 15) is 22.8 Å². The monoisotopic (exact) mass is 439 g/mol. The molecule has 1 aromatic heterocycles. The quantitative estimate of drug-likeness (QED) is 0.504. The lowest BCUT2D eigenvalue weighted by molar-refractivity contribution is -0.148. The Labute approximate surface area is 170 Å². The van der Waals surface area contributed by atoms with Gasteiger partial charge in [0.2, 0.25) is 5.95 Å². The Kier molecular flexibility index (Phi) is 6.84. The summed E-state index contributed by atoms with van der Waals surface area (Å²) >= 11 is 0. The van der Waals surface area contributed by atoms with Crippen LogP contribution in [0.15, 0.2) is 29.2 Å². The van der Waals surface area contributed by atoms with Crippen LogP contribution in [0.3, 0.4) is 0 Å². The van der Waals surface area contributed by atoms with Crippen LogP contribution >= 0.6 is 0 Å². The number of ether oxygens (including phenoxy) is 2. The smallest absolute Gasteiger partial charge is 0.346 e. The molecular formula is C16H17N5O8S. The van der Waals surface area contributed by atoms with Crippen molar-refractivity contribution in [2.24, 2.45) is 0 Å². The number of carbonyl (C=O) groups is 3. The van der Waals surface area contributed by atoms with Gasteiger partial charge in [0.15, 0.2) is 6.10 Å². The van der Waals surface area contributed by atoms with Crippen LogP contribution in [0.25, 0.3) is 0 Å². The van der Waals surface area contributed by atoms with Crippen LogP contribution in [0.4, 0.5) is 10.7 Å². The highest BCUT2D eigenvalue weighted by Gasteiger charge is 2.24. The maximum atomic E-state index is 12.4. The summed E-state index contributed by atoms with van der Waals surface area (Å²) < 4.78 is 36.1. The molecule has 0 saturated heterocycles. The Morgan fingerprint density at radius 1 is 1.13 bits per heavy atom. The molecule has 0 fully saturated rings. The van der Waals surface area contributed by atoms with E-state index in [1.54, 1.807) is 4.72 Å². The predicted octanol–water partition coefficient (Wildman–Crippen LogP) is 0.329. The van der Waals surface area contributed by atoms with Crippen molar-refractivity contribution < 1.29 is 37.4 Å². The zero-order valence-electron chi connectivity index (χ0n) is 15.9. The Bertz CT molecular complexity index is 1090. The maximum absolute atomic E-state index is 12.4. The lowest BCUT2D eigenvalue weighted by atomic mass is 10.2. The number of carboxylic acids is 1. The van der Waals surface area contributed by atoms with E-state index >= 15 is 0 Å². The number of amides is 2. The van der Waals surface area contributed by atoms with Crippen molar-refractivity contribution in [1.82, 2.24) is 19.7 Å². The fourth-order valence-corrected chi connectivity index (χ4v) is 3.23. The molecule has 13 nitrogen and oxygen atoms in total. The van der Waals surface area contributed by atoms with Gasteiger partial charge in [0.05, 0.1) is 12.7 Å². The number of urea groups is 1. The second-order valence-electron chi connectivity index (χ2n) is 5.63. The van der Waals surface area contributed by atoms with E-state index in [0.717, 1.165) is 12.1 Å². The van der Waals surface area contributed by atoms with Gasteiger partial charge >= 0.3 is 24.0 Å². The summed E-state index contributed by atoms with van der Waals surface area (Å²) in [6, 6.07) is 3.19. The second-order valence-corrected chi connectivity index (χ2v) is 7.28. The van der Waals surface area contributed by atoms with Crippen molar-refractivity contribution in [1.29, 1.82) is 0 Å². The van der Waals surface area contributed by atoms with Gasteiger partial charge in [-0.1, -0.05) is 12.1 Å². The van der Waals surface area contributed by atoms with Gasteiger partial charge in [0, 0.05) is 0 Å². The number of sulfonamides is 1. The molecular weight excluding hydrogens is 422 g/mol. The summed E-state index contributed by atoms with van der Waals surface area (Å²) in [5.41, 5.74) is -0.513. The van der Waals surface area contributed by atoms with Gasteiger partial charge in [-0.25, -0.2) is 27.5 Å². The van der Waals surface area contributed by atoms with Crippen LogP contribution < -0.4 is 14.8 Å². The molecule has 0 aliphatic rings. The molecule has 1 heterocycles. The number of aromatic carboxylic acids is 1. The fourth-order valence-electron chi connectivity index (χ4n) is 2.12. The number of nitrogens with one attached hydrogen (secondary N) is 2. The summed E-state index contributed by atoms with van der Waals surface area (Å²) in [7, 11) is -3.35. The molecule has 2 rings (SSSR count). The van der Waals surface area contributed by atoms with Crippen molar-refractivity contribution in [3.8, 4) is 6.01 Å². The summed E-state index contributed by atoms with van der Waals surface area (Å²) in [6.07, 6.45) is -1.05. The van der Waals surface area contributed by atoms with Crippen LogP contribution in [0.2, 0.25) is 0 Å². The van der Waals surface area contributed by atoms with E-state index in [1.807, 2.05) is 0 Å². The lowest BCUT2D eigenvalue weighted by Gasteiger charge is -2.12. The van der Waals surface area contributed by atoms with Crippen molar-refractivity contribution in [3.63, 3.8) is 0 Å². The number of esters is 1. The first-order chi connectivity index (χ1) is 14.0. The molecule has 1 aromatic carbocycles. The molecule has 14 heteroatoms. The third kappa shape index (κ3) is 5.60. The number of nitrogens with zero attached hydrogens (tertiary/aromatic N) is 3. The van der Waals surface area contributed by atoms with Gasteiger partial charge in [-0.15, -0.1) is 0 Å². The van der Waals surface area contributed by atoms with Gasteiger partial charge in [-0.05, 0) is 26.0 Å². The first-order valence-electron chi connectivity index (χ1n) is 8.16. The van der Waals surface area contributed by atoms with E-state index in [4.69, 9.17) is 9.84 Å². The molecule has 0 bridgehead atoms. The largest absolute Gasteiger partial charge is 0.478 e. The third-order valence-corrected chi connectivity index (χ3v) is 4.79. The number of rotatable bonds is 7. The molecule has 30 heavy (non-hydrogen) atoms. The number of carbonyl (C=O) groups excluding carboxylic acids is 2. The summed E-state index contributed by atoms with van der Waals surface area (Å²) in [4.78, 5) is 45.6. The Morgan fingerprint density at radius 2 is 1.80 bits per heavy atom. The van der Waals surface area contributed by atoms with Crippen LogP contribution in [0.5, 0.6) is 6.01 Å². The summed E-state index contributed by atoms with van der Waals surface area (Å²) in [5, 5.41) is 11.2. The van der Waals surface area contributed by atoms with E-state index in [-0.39, 0.29) is 17.8 Å². The van der Waals surface area contributed by atoms with Gasteiger partial charge in [-0.3, -0.25) is 5.32 Å². The minimum absolute atomic E-state index is 0.103. The molecule has 0 aliphatic heterocycles. The SMILES string of the molecule is COC(=O)C(C)Oc1nc(C)nc(NC(=O)NS(=O)(=O)c2ccccc2C(=O)O)n1. The average Bonchev–Trinajstić information content (AvgIpc) is 2.66. The number of methoxy groups -OCH3 is 1. The Morgan fingerprint density at radius 3 is 2.43 bits per heavy atom. The Hall–Kier alpha value is -3.81. The highest BCUT2D eigenvalue weighted by molar-refractivity contribution is 7.90. The van der Waals surface area contributed by atoms with Gasteiger partial charge in [-0.2, -0.15) is 15.0 Å². The number of benzene rings is 1. The molecule has 1 unspecified atom stereocenters. The summed E-state index contributed by atoms with van der Waals surface area (Å²) in [6.45, 7) is 2.83. The predicted molar refractivity (Wildman–Crippen MR) is 99.4 cm³/mol. The van der Waals surface area contributed by atoms with Crippen LogP contribution in [0, 0.1) is 6.92 Å². The molecule has 0 radical (unpaired) electrons. The van der Waals surface area contributed by atoms with Gasteiger partial charge in [0.1, 0.15) is 10.7 Å². The van der Waals surface area contributed by atoms with E-state index in [2.05, 4.69) is 25.0 Å². The van der Waals surface area contributed by atoms with Gasteiger partial charge < -0.3 is 14.6 Å². The van der Waals surface area contributed by atoms with E-state index < -0.39 is 44.6 Å². The Balaban J connectivity index is 2.18. The molecule has 2 amide bonds. The number of hydrogen-bond acceptors (Lipinski definition) is 10. The number of hydrogen-bond donors (Lipinski definition) is 3. The standard InChI is InChI=1S/C16H17N5O8S/c1-8(13(24)28-3)29-16-18-9(2)17-14(20-16)19-15(25)21-30(26,27)11-7-5-4-6-10(11)12(22)23/h4-8H,1-3H3,(H,22,23)(H2,17,18,19,20,21,25). The highest BCUT2D eigenvalue weighted by atomic mass is 32.2. The number of aryl methyl sites for hydroxylation is 1. The number of aromatic nitrogens is 3. The van der Waals surface area contributed by atoms with Gasteiger partial charge in [0.25, 0.3) is 10.0 Å². The molecule has 0 spiro atoms. The molecule has 3 N–H and O–H groups in total. The minimum Gasteiger partial charge on any atom is -0.478 e. The average molecular weight is 439 g/mol. The van der Waals surface area contributed by atoms with E-state index in [1.165, 1.54) is 33.1 Å². The van der Waals surface area contributed by atoms with Crippen molar-refractivity contribution in [3.05, 3.63) is 35.7 Å². The van der Waals surface area contributed by atoms with Crippen molar-refractivity contribution in [2.45, 2.75) is 24.8 Å².